The summed E-state index contributed by atoms with van der Waals surface area (Å²) in [6.45, 7) is 2.86. The molecule has 0 saturated carbocycles. The summed E-state index contributed by atoms with van der Waals surface area (Å²) in [5.74, 6) is 0. The predicted molar refractivity (Wildman–Crippen MR) is 91.9 cm³/mol. The largest absolute Gasteiger partial charge is 0.331 e. The minimum atomic E-state index is -3.65. The first-order chi connectivity index (χ1) is 11.1. The lowest BCUT2D eigenvalue weighted by Crippen LogP contribution is -2.12. The standard InChI is InChI=1S/C17H19N3O2S/c1-2-3-12-20-13-16(15-10-7-11-18-17(15)20)23(21,22)19-14-8-5-4-6-9-14/h4-11,13,19H,2-3,12H2,1H3. The minimum Gasteiger partial charge on any atom is -0.331 e. The van der Waals surface area contributed by atoms with Crippen LogP contribution in [-0.2, 0) is 16.6 Å². The van der Waals surface area contributed by atoms with Crippen LogP contribution in [0.1, 0.15) is 19.8 Å². The Balaban J connectivity index is 2.04. The van der Waals surface area contributed by atoms with Gasteiger partial charge in [-0.05, 0) is 30.7 Å². The highest BCUT2D eigenvalue weighted by atomic mass is 32.2. The number of unbranched alkanes of at least 4 members (excludes halogenated alkanes) is 1. The fourth-order valence-corrected chi connectivity index (χ4v) is 3.79. The van der Waals surface area contributed by atoms with Crippen molar-refractivity contribution in [3.05, 3.63) is 54.9 Å². The van der Waals surface area contributed by atoms with Crippen LogP contribution in [0.2, 0.25) is 0 Å². The van der Waals surface area contributed by atoms with Crippen LogP contribution in [0.15, 0.2) is 59.8 Å². The zero-order valence-corrected chi connectivity index (χ0v) is 13.8. The lowest BCUT2D eigenvalue weighted by atomic mass is 10.3. The van der Waals surface area contributed by atoms with Gasteiger partial charge in [-0.2, -0.15) is 0 Å². The Morgan fingerprint density at radius 1 is 1.13 bits per heavy atom. The van der Waals surface area contributed by atoms with Crippen molar-refractivity contribution in [1.29, 1.82) is 0 Å². The first kappa shape index (κ1) is 15.6. The molecule has 1 N–H and O–H groups in total. The van der Waals surface area contributed by atoms with E-state index < -0.39 is 10.0 Å². The van der Waals surface area contributed by atoms with Crippen LogP contribution in [0.5, 0.6) is 0 Å². The van der Waals surface area contributed by atoms with E-state index in [1.807, 2.05) is 10.6 Å². The van der Waals surface area contributed by atoms with Crippen LogP contribution in [0.3, 0.4) is 0 Å². The van der Waals surface area contributed by atoms with Gasteiger partial charge in [0.15, 0.2) is 0 Å². The molecule has 0 saturated heterocycles. The molecule has 1 aromatic carbocycles. The molecule has 0 spiro atoms. The number of pyridine rings is 1. The monoisotopic (exact) mass is 329 g/mol. The van der Waals surface area contributed by atoms with E-state index in [0.29, 0.717) is 16.7 Å². The first-order valence-electron chi connectivity index (χ1n) is 7.63. The van der Waals surface area contributed by atoms with Gasteiger partial charge in [0.2, 0.25) is 0 Å². The second kappa shape index (κ2) is 6.42. The van der Waals surface area contributed by atoms with Crippen LogP contribution < -0.4 is 4.72 Å². The van der Waals surface area contributed by atoms with E-state index >= 15 is 0 Å². The van der Waals surface area contributed by atoms with Crippen molar-refractivity contribution in [1.82, 2.24) is 9.55 Å². The van der Waals surface area contributed by atoms with Crippen LogP contribution in [-0.4, -0.2) is 18.0 Å². The molecule has 2 aromatic heterocycles. The number of hydrogen-bond donors (Lipinski definition) is 1. The van der Waals surface area contributed by atoms with Gasteiger partial charge >= 0.3 is 0 Å². The number of para-hydroxylation sites is 1. The number of fused-ring (bicyclic) bond motifs is 1. The third kappa shape index (κ3) is 3.22. The van der Waals surface area contributed by atoms with E-state index in [4.69, 9.17) is 0 Å². The summed E-state index contributed by atoms with van der Waals surface area (Å²) in [5, 5.41) is 0.645. The Morgan fingerprint density at radius 3 is 2.65 bits per heavy atom. The smallest absolute Gasteiger partial charge is 0.264 e. The van der Waals surface area contributed by atoms with Crippen LogP contribution >= 0.6 is 0 Å². The SMILES string of the molecule is CCCCn1cc(S(=O)(=O)Nc2ccccc2)c2cccnc21. The summed E-state index contributed by atoms with van der Waals surface area (Å²) >= 11 is 0. The van der Waals surface area contributed by atoms with Crippen molar-refractivity contribution >= 4 is 26.7 Å². The maximum absolute atomic E-state index is 12.8. The third-order valence-electron chi connectivity index (χ3n) is 3.67. The average Bonchev–Trinajstić information content (AvgIpc) is 2.93. The molecule has 0 aliphatic rings. The average molecular weight is 329 g/mol. The van der Waals surface area contributed by atoms with Crippen molar-refractivity contribution in [3.63, 3.8) is 0 Å². The van der Waals surface area contributed by atoms with Crippen molar-refractivity contribution in [3.8, 4) is 0 Å². The van der Waals surface area contributed by atoms with E-state index in [1.165, 1.54) is 0 Å². The first-order valence-corrected chi connectivity index (χ1v) is 9.12. The predicted octanol–water partition coefficient (Wildman–Crippen LogP) is 3.64. The Kier molecular flexibility index (Phi) is 4.34. The Morgan fingerprint density at radius 2 is 1.91 bits per heavy atom. The van der Waals surface area contributed by atoms with Gasteiger partial charge in [0.05, 0.1) is 0 Å². The molecule has 0 bridgehead atoms. The van der Waals surface area contributed by atoms with Crippen LogP contribution in [0.4, 0.5) is 5.69 Å². The van der Waals surface area contributed by atoms with E-state index in [1.54, 1.807) is 48.8 Å². The van der Waals surface area contributed by atoms with Gasteiger partial charge < -0.3 is 4.57 Å². The lowest BCUT2D eigenvalue weighted by Gasteiger charge is -2.06. The highest BCUT2D eigenvalue weighted by Crippen LogP contribution is 2.26. The summed E-state index contributed by atoms with van der Waals surface area (Å²) < 4.78 is 30.0. The van der Waals surface area contributed by atoms with E-state index in [9.17, 15) is 8.42 Å². The summed E-state index contributed by atoms with van der Waals surface area (Å²) in [4.78, 5) is 4.61. The summed E-state index contributed by atoms with van der Waals surface area (Å²) in [6.07, 6.45) is 5.38. The molecule has 3 rings (SSSR count). The Hall–Kier alpha value is -2.34. The molecule has 2 heterocycles. The molecule has 0 atom stereocenters. The molecule has 3 aromatic rings. The topological polar surface area (TPSA) is 64.0 Å². The molecular formula is C17H19N3O2S. The maximum Gasteiger partial charge on any atom is 0.264 e. The fraction of sp³-hybridized carbons (Fsp3) is 0.235. The highest BCUT2D eigenvalue weighted by molar-refractivity contribution is 7.93. The number of sulfonamides is 1. The molecule has 0 aliphatic carbocycles. The van der Waals surface area contributed by atoms with E-state index in [-0.39, 0.29) is 4.90 Å². The van der Waals surface area contributed by atoms with Crippen molar-refractivity contribution in [2.75, 3.05) is 4.72 Å². The van der Waals surface area contributed by atoms with Crippen molar-refractivity contribution < 1.29 is 8.42 Å². The minimum absolute atomic E-state index is 0.264. The van der Waals surface area contributed by atoms with Gasteiger partial charge in [0.1, 0.15) is 10.5 Å². The fourth-order valence-electron chi connectivity index (χ4n) is 2.52. The molecular weight excluding hydrogens is 310 g/mol. The molecule has 5 nitrogen and oxygen atoms in total. The molecule has 0 radical (unpaired) electrons. The summed E-state index contributed by atoms with van der Waals surface area (Å²) in [6, 6.07) is 12.4. The zero-order valence-electron chi connectivity index (χ0n) is 12.9. The molecule has 23 heavy (non-hydrogen) atoms. The number of nitrogens with one attached hydrogen (secondary N) is 1. The number of benzene rings is 1. The van der Waals surface area contributed by atoms with Gasteiger partial charge in [0, 0.05) is 30.0 Å². The normalized spacial score (nSPS) is 11.7. The Bertz CT molecular complexity index is 902. The zero-order chi connectivity index (χ0) is 16.3. The number of aromatic nitrogens is 2. The lowest BCUT2D eigenvalue weighted by molar-refractivity contribution is 0.600. The molecule has 6 heteroatoms. The Labute approximate surface area is 136 Å². The summed E-state index contributed by atoms with van der Waals surface area (Å²) in [7, 11) is -3.65. The number of hydrogen-bond acceptors (Lipinski definition) is 3. The van der Waals surface area contributed by atoms with Crippen LogP contribution in [0.25, 0.3) is 11.0 Å². The summed E-state index contributed by atoms with van der Waals surface area (Å²) in [5.41, 5.74) is 1.25. The maximum atomic E-state index is 12.8. The number of nitrogens with zero attached hydrogens (tertiary/aromatic N) is 2. The van der Waals surface area contributed by atoms with E-state index in [0.717, 1.165) is 19.4 Å². The molecule has 0 unspecified atom stereocenters. The van der Waals surface area contributed by atoms with Gasteiger partial charge in [-0.3, -0.25) is 4.72 Å². The van der Waals surface area contributed by atoms with Gasteiger partial charge in [0.25, 0.3) is 10.0 Å². The van der Waals surface area contributed by atoms with Crippen LogP contribution in [0, 0.1) is 0 Å². The van der Waals surface area contributed by atoms with E-state index in [2.05, 4.69) is 16.6 Å². The highest BCUT2D eigenvalue weighted by Gasteiger charge is 2.21. The second-order valence-corrected chi connectivity index (χ2v) is 7.04. The second-order valence-electron chi connectivity index (χ2n) is 5.39. The molecule has 0 amide bonds. The van der Waals surface area contributed by atoms with Gasteiger partial charge in [-0.15, -0.1) is 0 Å². The van der Waals surface area contributed by atoms with Crippen molar-refractivity contribution in [2.24, 2.45) is 0 Å². The number of anilines is 1. The number of rotatable bonds is 6. The molecule has 120 valence electrons. The van der Waals surface area contributed by atoms with Gasteiger partial charge in [-0.1, -0.05) is 31.5 Å². The van der Waals surface area contributed by atoms with Crippen molar-refractivity contribution in [2.45, 2.75) is 31.2 Å². The molecule has 0 aliphatic heterocycles. The third-order valence-corrected chi connectivity index (χ3v) is 5.07. The number of aryl methyl sites for hydroxylation is 1. The van der Waals surface area contributed by atoms with Gasteiger partial charge in [-0.25, -0.2) is 13.4 Å². The molecule has 0 fully saturated rings. The quantitative estimate of drug-likeness (QED) is 0.751.